The van der Waals surface area contributed by atoms with Crippen molar-refractivity contribution in [1.82, 2.24) is 5.32 Å². The molecular formula is C12H14ClNO3. The van der Waals surface area contributed by atoms with Crippen LogP contribution in [-0.4, -0.2) is 26.0 Å². The standard InChI is InChI=1S/C12H14ClNO3/c1-7-4-8(13)5-10(12(16)14-2)9(7)6-11(15)17-3/h4-5H,6H2,1-3H3,(H,14,16). The molecule has 0 aliphatic carbocycles. The number of hydrogen-bond acceptors (Lipinski definition) is 3. The number of aryl methyl sites for hydroxylation is 1. The van der Waals surface area contributed by atoms with Crippen LogP contribution in [0.15, 0.2) is 12.1 Å². The molecule has 1 N–H and O–H groups in total. The Morgan fingerprint density at radius 2 is 2.06 bits per heavy atom. The molecule has 1 rings (SSSR count). The monoisotopic (exact) mass is 255 g/mol. The van der Waals surface area contributed by atoms with Crippen molar-refractivity contribution in [3.05, 3.63) is 33.8 Å². The van der Waals surface area contributed by atoms with E-state index >= 15 is 0 Å². The number of benzene rings is 1. The second-order valence-corrected chi connectivity index (χ2v) is 4.02. The van der Waals surface area contributed by atoms with Crippen LogP contribution < -0.4 is 5.32 Å². The molecule has 0 heterocycles. The smallest absolute Gasteiger partial charge is 0.310 e. The van der Waals surface area contributed by atoms with Crippen molar-refractivity contribution in [2.45, 2.75) is 13.3 Å². The van der Waals surface area contributed by atoms with Crippen LogP contribution >= 0.6 is 11.6 Å². The van der Waals surface area contributed by atoms with Crippen LogP contribution in [0.2, 0.25) is 5.02 Å². The van der Waals surface area contributed by atoms with Crippen molar-refractivity contribution in [1.29, 1.82) is 0 Å². The predicted octanol–water partition coefficient (Wildman–Crippen LogP) is 1.72. The Bertz CT molecular complexity index is 457. The zero-order valence-corrected chi connectivity index (χ0v) is 10.7. The summed E-state index contributed by atoms with van der Waals surface area (Å²) < 4.78 is 4.60. The van der Waals surface area contributed by atoms with Gasteiger partial charge in [-0.05, 0) is 30.2 Å². The average Bonchev–Trinajstić information content (AvgIpc) is 2.30. The molecule has 0 saturated carbocycles. The molecule has 0 atom stereocenters. The molecule has 0 aliphatic rings. The van der Waals surface area contributed by atoms with E-state index in [0.29, 0.717) is 16.1 Å². The topological polar surface area (TPSA) is 55.4 Å². The van der Waals surface area contributed by atoms with E-state index in [-0.39, 0.29) is 18.3 Å². The molecule has 1 aromatic rings. The third-order valence-corrected chi connectivity index (χ3v) is 2.68. The summed E-state index contributed by atoms with van der Waals surface area (Å²) in [6, 6.07) is 3.26. The first kappa shape index (κ1) is 13.5. The molecule has 92 valence electrons. The Morgan fingerprint density at radius 1 is 1.41 bits per heavy atom. The van der Waals surface area contributed by atoms with Crippen LogP contribution in [0, 0.1) is 6.92 Å². The number of halogens is 1. The molecule has 0 fully saturated rings. The van der Waals surface area contributed by atoms with E-state index < -0.39 is 0 Å². The second-order valence-electron chi connectivity index (χ2n) is 3.58. The molecule has 0 bridgehead atoms. The van der Waals surface area contributed by atoms with Crippen LogP contribution in [0.25, 0.3) is 0 Å². The molecular weight excluding hydrogens is 242 g/mol. The molecule has 0 spiro atoms. The van der Waals surface area contributed by atoms with Crippen molar-refractivity contribution >= 4 is 23.5 Å². The number of methoxy groups -OCH3 is 1. The van der Waals surface area contributed by atoms with Gasteiger partial charge in [0.15, 0.2) is 0 Å². The molecule has 5 heteroatoms. The predicted molar refractivity (Wildman–Crippen MR) is 65.3 cm³/mol. The normalized spacial score (nSPS) is 9.88. The van der Waals surface area contributed by atoms with Crippen LogP contribution in [0.1, 0.15) is 21.5 Å². The highest BCUT2D eigenvalue weighted by Gasteiger charge is 2.16. The Labute approximate surface area is 105 Å². The zero-order valence-electron chi connectivity index (χ0n) is 9.96. The highest BCUT2D eigenvalue weighted by Crippen LogP contribution is 2.21. The minimum absolute atomic E-state index is 0.0578. The van der Waals surface area contributed by atoms with E-state index in [1.54, 1.807) is 19.1 Å². The van der Waals surface area contributed by atoms with E-state index in [0.717, 1.165) is 5.56 Å². The number of amides is 1. The Kier molecular flexibility index (Phi) is 4.52. The summed E-state index contributed by atoms with van der Waals surface area (Å²) in [7, 11) is 2.84. The van der Waals surface area contributed by atoms with Crippen molar-refractivity contribution in [3.8, 4) is 0 Å². The zero-order chi connectivity index (χ0) is 13.0. The number of carbonyl (C=O) groups is 2. The van der Waals surface area contributed by atoms with Gasteiger partial charge in [-0.25, -0.2) is 0 Å². The minimum Gasteiger partial charge on any atom is -0.469 e. The molecule has 17 heavy (non-hydrogen) atoms. The van der Waals surface area contributed by atoms with E-state index in [1.807, 2.05) is 0 Å². The van der Waals surface area contributed by atoms with Crippen LogP contribution in [0.3, 0.4) is 0 Å². The summed E-state index contributed by atoms with van der Waals surface area (Å²) in [5, 5.41) is 2.98. The first-order valence-electron chi connectivity index (χ1n) is 5.07. The van der Waals surface area contributed by atoms with Gasteiger partial charge in [-0.15, -0.1) is 0 Å². The number of ether oxygens (including phenoxy) is 1. The van der Waals surface area contributed by atoms with Crippen LogP contribution in [0.4, 0.5) is 0 Å². The van der Waals surface area contributed by atoms with Gasteiger partial charge in [-0.1, -0.05) is 11.6 Å². The van der Waals surface area contributed by atoms with Crippen LogP contribution in [-0.2, 0) is 16.0 Å². The minimum atomic E-state index is -0.388. The molecule has 1 amide bonds. The molecule has 0 unspecified atom stereocenters. The Morgan fingerprint density at radius 3 is 2.59 bits per heavy atom. The summed E-state index contributed by atoms with van der Waals surface area (Å²) >= 11 is 5.90. The van der Waals surface area contributed by atoms with Gasteiger partial charge < -0.3 is 10.1 Å². The van der Waals surface area contributed by atoms with Crippen molar-refractivity contribution in [3.63, 3.8) is 0 Å². The molecule has 4 nitrogen and oxygen atoms in total. The van der Waals surface area contributed by atoms with Gasteiger partial charge in [0.05, 0.1) is 13.5 Å². The lowest BCUT2D eigenvalue weighted by Crippen LogP contribution is -2.21. The van der Waals surface area contributed by atoms with E-state index in [1.165, 1.54) is 14.2 Å². The summed E-state index contributed by atoms with van der Waals surface area (Å²) in [6.07, 6.45) is 0.0578. The van der Waals surface area contributed by atoms with Gasteiger partial charge in [0.1, 0.15) is 0 Å². The quantitative estimate of drug-likeness (QED) is 0.837. The van der Waals surface area contributed by atoms with Gasteiger partial charge in [0.2, 0.25) is 0 Å². The first-order chi connectivity index (χ1) is 7.99. The van der Waals surface area contributed by atoms with Gasteiger partial charge in [0.25, 0.3) is 5.91 Å². The lowest BCUT2D eigenvalue weighted by Gasteiger charge is -2.11. The number of nitrogens with one attached hydrogen (secondary N) is 1. The van der Waals surface area contributed by atoms with Gasteiger partial charge in [-0.3, -0.25) is 9.59 Å². The van der Waals surface area contributed by atoms with Gasteiger partial charge >= 0.3 is 5.97 Å². The first-order valence-corrected chi connectivity index (χ1v) is 5.45. The summed E-state index contributed by atoms with van der Waals surface area (Å²) in [5.41, 5.74) is 1.84. The third-order valence-electron chi connectivity index (χ3n) is 2.46. The maximum absolute atomic E-state index is 11.7. The van der Waals surface area contributed by atoms with E-state index in [9.17, 15) is 9.59 Å². The van der Waals surface area contributed by atoms with Crippen molar-refractivity contribution < 1.29 is 14.3 Å². The molecule has 0 aromatic heterocycles. The van der Waals surface area contributed by atoms with E-state index in [2.05, 4.69) is 10.1 Å². The number of hydrogen-bond donors (Lipinski definition) is 1. The summed E-state index contributed by atoms with van der Waals surface area (Å²) in [5.74, 6) is -0.657. The number of rotatable bonds is 3. The molecule has 0 aliphatic heterocycles. The fourth-order valence-electron chi connectivity index (χ4n) is 1.56. The SMILES string of the molecule is CNC(=O)c1cc(Cl)cc(C)c1CC(=O)OC. The van der Waals surface area contributed by atoms with Crippen molar-refractivity contribution in [2.24, 2.45) is 0 Å². The Balaban J connectivity index is 3.25. The highest BCUT2D eigenvalue weighted by molar-refractivity contribution is 6.31. The highest BCUT2D eigenvalue weighted by atomic mass is 35.5. The largest absolute Gasteiger partial charge is 0.469 e. The van der Waals surface area contributed by atoms with Gasteiger partial charge in [0, 0.05) is 17.6 Å². The van der Waals surface area contributed by atoms with Crippen molar-refractivity contribution in [2.75, 3.05) is 14.2 Å². The number of esters is 1. The fourth-order valence-corrected chi connectivity index (χ4v) is 1.83. The molecule has 0 saturated heterocycles. The molecule has 1 aromatic carbocycles. The number of carbonyl (C=O) groups excluding carboxylic acids is 2. The van der Waals surface area contributed by atoms with E-state index in [4.69, 9.17) is 11.6 Å². The lowest BCUT2D eigenvalue weighted by molar-refractivity contribution is -0.139. The maximum atomic E-state index is 11.7. The second kappa shape index (κ2) is 5.68. The van der Waals surface area contributed by atoms with Crippen LogP contribution in [0.5, 0.6) is 0 Å². The third kappa shape index (κ3) is 3.20. The summed E-state index contributed by atoms with van der Waals surface area (Å²) in [4.78, 5) is 23.0. The maximum Gasteiger partial charge on any atom is 0.310 e. The summed E-state index contributed by atoms with van der Waals surface area (Å²) in [6.45, 7) is 1.80. The lowest BCUT2D eigenvalue weighted by atomic mass is 9.98. The molecule has 0 radical (unpaired) electrons. The van der Waals surface area contributed by atoms with Gasteiger partial charge in [-0.2, -0.15) is 0 Å². The Hall–Kier alpha value is -1.55. The average molecular weight is 256 g/mol. The fraction of sp³-hybridized carbons (Fsp3) is 0.333.